The van der Waals surface area contributed by atoms with Gasteiger partial charge in [-0.15, -0.1) is 11.3 Å². The number of nitrogens with zero attached hydrogens (tertiary/aromatic N) is 4. The van der Waals surface area contributed by atoms with Crippen molar-refractivity contribution in [2.24, 2.45) is 0 Å². The number of hydrogen-bond donors (Lipinski definition) is 1. The van der Waals surface area contributed by atoms with Gasteiger partial charge in [0.1, 0.15) is 52.2 Å². The number of anilines is 1. The standard InChI is InChI=1S/C27H19F2N5O2S/c1-13-9-10-19(37-13)23-22-26(30)31-12-32-27(22)34(33-23)14(2)25-20(15-5-3-6-16(28)11-15)24(35)21-17(29)7-4-8-18(21)36-25/h3-12,14H,1-2H3,(H2,30,31,32). The lowest BCUT2D eigenvalue weighted by Gasteiger charge is -2.17. The summed E-state index contributed by atoms with van der Waals surface area (Å²) in [5.41, 5.74) is 7.06. The molecule has 2 N–H and O–H groups in total. The fourth-order valence-electron chi connectivity index (χ4n) is 4.54. The smallest absolute Gasteiger partial charge is 0.203 e. The molecule has 0 amide bonds. The minimum absolute atomic E-state index is 0.0452. The van der Waals surface area contributed by atoms with Crippen LogP contribution in [0.1, 0.15) is 23.6 Å². The van der Waals surface area contributed by atoms with Crippen molar-refractivity contribution in [2.45, 2.75) is 19.9 Å². The lowest BCUT2D eigenvalue weighted by atomic mass is 9.99. The zero-order valence-corrected chi connectivity index (χ0v) is 20.5. The maximum Gasteiger partial charge on any atom is 0.203 e. The third-order valence-electron chi connectivity index (χ3n) is 6.25. The zero-order valence-electron chi connectivity index (χ0n) is 19.7. The third-order valence-corrected chi connectivity index (χ3v) is 7.25. The van der Waals surface area contributed by atoms with Crippen LogP contribution in [0.15, 0.2) is 70.1 Å². The first-order valence-electron chi connectivity index (χ1n) is 11.4. The normalized spacial score (nSPS) is 12.4. The molecule has 2 aromatic carbocycles. The topological polar surface area (TPSA) is 99.8 Å². The molecule has 0 spiro atoms. The molecule has 0 aliphatic rings. The van der Waals surface area contributed by atoms with E-state index >= 15 is 0 Å². The van der Waals surface area contributed by atoms with E-state index in [1.54, 1.807) is 29.0 Å². The predicted octanol–water partition coefficient (Wildman–Crippen LogP) is 6.11. The highest BCUT2D eigenvalue weighted by Gasteiger charge is 2.28. The summed E-state index contributed by atoms with van der Waals surface area (Å²) in [6.45, 7) is 3.77. The Hall–Kier alpha value is -4.44. The molecule has 4 heterocycles. The van der Waals surface area contributed by atoms with E-state index in [4.69, 9.17) is 15.2 Å². The summed E-state index contributed by atoms with van der Waals surface area (Å²) in [6, 6.07) is 12.9. The van der Waals surface area contributed by atoms with Crippen molar-refractivity contribution in [3.05, 3.63) is 93.4 Å². The number of benzene rings is 2. The first-order valence-corrected chi connectivity index (χ1v) is 12.2. The minimum atomic E-state index is -0.719. The molecule has 0 bridgehead atoms. The molecule has 4 aromatic heterocycles. The highest BCUT2D eigenvalue weighted by atomic mass is 32.1. The summed E-state index contributed by atoms with van der Waals surface area (Å²) in [5.74, 6) is -0.811. The highest BCUT2D eigenvalue weighted by Crippen LogP contribution is 2.38. The molecule has 0 saturated carbocycles. The number of halogens is 2. The Bertz CT molecular complexity index is 1890. The van der Waals surface area contributed by atoms with Crippen LogP contribution in [-0.2, 0) is 0 Å². The average molecular weight is 516 g/mol. The number of aromatic nitrogens is 4. The molecule has 0 fully saturated rings. The van der Waals surface area contributed by atoms with Crippen LogP contribution >= 0.6 is 11.3 Å². The maximum absolute atomic E-state index is 14.7. The van der Waals surface area contributed by atoms with Gasteiger partial charge in [-0.1, -0.05) is 18.2 Å². The lowest BCUT2D eigenvalue weighted by Crippen LogP contribution is -2.17. The molecule has 0 radical (unpaired) electrons. The molecule has 10 heteroatoms. The maximum atomic E-state index is 14.7. The number of thiophene rings is 1. The van der Waals surface area contributed by atoms with Gasteiger partial charge in [-0.2, -0.15) is 5.10 Å². The summed E-state index contributed by atoms with van der Waals surface area (Å²) < 4.78 is 36.7. The van der Waals surface area contributed by atoms with E-state index in [0.717, 1.165) is 9.75 Å². The quantitative estimate of drug-likeness (QED) is 0.304. The Labute approximate surface area is 212 Å². The van der Waals surface area contributed by atoms with Gasteiger partial charge in [0.2, 0.25) is 5.43 Å². The number of fused-ring (bicyclic) bond motifs is 2. The van der Waals surface area contributed by atoms with E-state index in [-0.39, 0.29) is 33.7 Å². The Morgan fingerprint density at radius 3 is 2.62 bits per heavy atom. The van der Waals surface area contributed by atoms with Gasteiger partial charge in [0.25, 0.3) is 0 Å². The van der Waals surface area contributed by atoms with Crippen LogP contribution in [0.2, 0.25) is 0 Å². The average Bonchev–Trinajstić information content (AvgIpc) is 3.48. The predicted molar refractivity (Wildman–Crippen MR) is 139 cm³/mol. The van der Waals surface area contributed by atoms with Crippen molar-refractivity contribution >= 4 is 39.2 Å². The second-order valence-electron chi connectivity index (χ2n) is 8.63. The second-order valence-corrected chi connectivity index (χ2v) is 9.92. The molecular weight excluding hydrogens is 496 g/mol. The van der Waals surface area contributed by atoms with E-state index < -0.39 is 23.1 Å². The molecule has 6 rings (SSSR count). The van der Waals surface area contributed by atoms with Crippen molar-refractivity contribution < 1.29 is 13.2 Å². The summed E-state index contributed by atoms with van der Waals surface area (Å²) >= 11 is 1.55. The van der Waals surface area contributed by atoms with Crippen molar-refractivity contribution in [3.63, 3.8) is 0 Å². The summed E-state index contributed by atoms with van der Waals surface area (Å²) in [6.07, 6.45) is 1.34. The van der Waals surface area contributed by atoms with E-state index in [2.05, 4.69) is 9.97 Å². The molecule has 1 atom stereocenters. The summed E-state index contributed by atoms with van der Waals surface area (Å²) in [5, 5.41) is 5.19. The van der Waals surface area contributed by atoms with Crippen molar-refractivity contribution in [3.8, 4) is 21.7 Å². The molecule has 0 saturated heterocycles. The first kappa shape index (κ1) is 23.0. The number of rotatable bonds is 4. The Morgan fingerprint density at radius 2 is 1.86 bits per heavy atom. The first-order chi connectivity index (χ1) is 17.8. The van der Waals surface area contributed by atoms with Crippen molar-refractivity contribution in [2.75, 3.05) is 5.73 Å². The minimum Gasteiger partial charge on any atom is -0.458 e. The van der Waals surface area contributed by atoms with Gasteiger partial charge in [0.15, 0.2) is 5.65 Å². The zero-order chi connectivity index (χ0) is 25.8. The van der Waals surface area contributed by atoms with Crippen LogP contribution < -0.4 is 11.2 Å². The van der Waals surface area contributed by atoms with Crippen molar-refractivity contribution in [1.82, 2.24) is 19.7 Å². The number of aryl methyl sites for hydroxylation is 1. The summed E-state index contributed by atoms with van der Waals surface area (Å²) in [4.78, 5) is 24.2. The van der Waals surface area contributed by atoms with Gasteiger partial charge < -0.3 is 10.2 Å². The molecule has 0 aliphatic heterocycles. The summed E-state index contributed by atoms with van der Waals surface area (Å²) in [7, 11) is 0. The van der Waals surface area contributed by atoms with Gasteiger partial charge in [-0.3, -0.25) is 4.79 Å². The molecule has 1 unspecified atom stereocenters. The fraction of sp³-hybridized carbons (Fsp3) is 0.111. The number of nitrogens with two attached hydrogens (primary N) is 1. The van der Waals surface area contributed by atoms with Gasteiger partial charge >= 0.3 is 0 Å². The molecule has 184 valence electrons. The van der Waals surface area contributed by atoms with Crippen LogP contribution in [0.5, 0.6) is 0 Å². The molecular formula is C27H19F2N5O2S. The van der Waals surface area contributed by atoms with Crippen LogP contribution in [0.25, 0.3) is 43.7 Å². The van der Waals surface area contributed by atoms with Crippen LogP contribution in [0.3, 0.4) is 0 Å². The van der Waals surface area contributed by atoms with Gasteiger partial charge in [-0.25, -0.2) is 23.4 Å². The van der Waals surface area contributed by atoms with Crippen LogP contribution in [0, 0.1) is 18.6 Å². The fourth-order valence-corrected chi connectivity index (χ4v) is 5.40. The second kappa shape index (κ2) is 8.59. The highest BCUT2D eigenvalue weighted by molar-refractivity contribution is 7.15. The molecule has 7 nitrogen and oxygen atoms in total. The third kappa shape index (κ3) is 3.68. The monoisotopic (exact) mass is 515 g/mol. The molecule has 0 aliphatic carbocycles. The van der Waals surface area contributed by atoms with E-state index in [1.807, 2.05) is 19.1 Å². The SMILES string of the molecule is Cc1ccc(-c2nn(C(C)c3oc4cccc(F)c4c(=O)c3-c3cccc(F)c3)c3ncnc(N)c23)s1. The number of hydrogen-bond acceptors (Lipinski definition) is 7. The number of nitrogen functional groups attached to an aromatic ring is 1. The van der Waals surface area contributed by atoms with Crippen LogP contribution in [0.4, 0.5) is 14.6 Å². The lowest BCUT2D eigenvalue weighted by molar-refractivity contribution is 0.445. The Kier molecular flexibility index (Phi) is 5.34. The van der Waals surface area contributed by atoms with Gasteiger partial charge in [-0.05, 0) is 55.8 Å². The Morgan fingerprint density at radius 1 is 1.05 bits per heavy atom. The van der Waals surface area contributed by atoms with E-state index in [0.29, 0.717) is 16.7 Å². The van der Waals surface area contributed by atoms with Crippen molar-refractivity contribution in [1.29, 1.82) is 0 Å². The van der Waals surface area contributed by atoms with E-state index in [1.165, 1.54) is 42.7 Å². The Balaban J connectivity index is 1.66. The largest absolute Gasteiger partial charge is 0.458 e. The van der Waals surface area contributed by atoms with E-state index in [9.17, 15) is 13.6 Å². The van der Waals surface area contributed by atoms with Crippen LogP contribution in [-0.4, -0.2) is 19.7 Å². The van der Waals surface area contributed by atoms with Gasteiger partial charge in [0, 0.05) is 4.88 Å². The molecule has 6 aromatic rings. The molecule has 37 heavy (non-hydrogen) atoms. The van der Waals surface area contributed by atoms with Gasteiger partial charge in [0.05, 0.1) is 15.8 Å².